The predicted molar refractivity (Wildman–Crippen MR) is 81.3 cm³/mol. The number of imidazole rings is 1. The van der Waals surface area contributed by atoms with Crippen LogP contribution in [0.1, 0.15) is 12.4 Å². The number of halogens is 2. The van der Waals surface area contributed by atoms with Crippen molar-refractivity contribution in [2.24, 2.45) is 0 Å². The smallest absolute Gasteiger partial charge is 0.269 e. The van der Waals surface area contributed by atoms with Crippen molar-refractivity contribution in [2.75, 3.05) is 0 Å². The van der Waals surface area contributed by atoms with Crippen LogP contribution in [0.15, 0.2) is 47.9 Å². The molecular formula is C14H10F2N6S. The molecule has 23 heavy (non-hydrogen) atoms. The second kappa shape index (κ2) is 5.58. The van der Waals surface area contributed by atoms with E-state index in [4.69, 9.17) is 0 Å². The Hall–Kier alpha value is -2.55. The van der Waals surface area contributed by atoms with Gasteiger partial charge in [-0.1, -0.05) is 23.9 Å². The van der Waals surface area contributed by atoms with Gasteiger partial charge in [0.05, 0.1) is 16.8 Å². The van der Waals surface area contributed by atoms with Gasteiger partial charge in [0.2, 0.25) is 5.16 Å². The van der Waals surface area contributed by atoms with Crippen LogP contribution in [-0.4, -0.2) is 29.1 Å². The van der Waals surface area contributed by atoms with Crippen LogP contribution >= 0.6 is 11.8 Å². The molecule has 0 aliphatic rings. The Kier molecular flexibility index (Phi) is 3.41. The summed E-state index contributed by atoms with van der Waals surface area (Å²) in [4.78, 5) is 12.6. The van der Waals surface area contributed by atoms with Gasteiger partial charge in [0, 0.05) is 12.4 Å². The number of benzene rings is 1. The zero-order valence-electron chi connectivity index (χ0n) is 11.7. The first-order valence-electron chi connectivity index (χ1n) is 6.76. The van der Waals surface area contributed by atoms with Gasteiger partial charge < -0.3 is 0 Å². The fourth-order valence-corrected chi connectivity index (χ4v) is 3.07. The number of fused-ring (bicyclic) bond motifs is 2. The minimum Gasteiger partial charge on any atom is -0.269 e. The topological polar surface area (TPSA) is 60.9 Å². The monoisotopic (exact) mass is 332 g/mol. The molecule has 0 saturated carbocycles. The highest BCUT2D eigenvalue weighted by Gasteiger charge is 2.18. The lowest BCUT2D eigenvalue weighted by Gasteiger charge is -2.06. The molecule has 0 aliphatic heterocycles. The number of rotatable bonds is 4. The molecule has 3 heterocycles. The summed E-state index contributed by atoms with van der Waals surface area (Å²) in [5, 5.41) is 4.71. The molecule has 1 aromatic carbocycles. The number of nitrogens with zero attached hydrogens (tertiary/aromatic N) is 6. The average Bonchev–Trinajstić information content (AvgIpc) is 3.13. The Morgan fingerprint density at radius 3 is 2.83 bits per heavy atom. The molecule has 0 atom stereocenters. The molecule has 0 bridgehead atoms. The molecule has 0 aliphatic carbocycles. The van der Waals surface area contributed by atoms with E-state index in [0.29, 0.717) is 22.0 Å². The van der Waals surface area contributed by atoms with E-state index in [9.17, 15) is 8.78 Å². The molecule has 0 amide bonds. The van der Waals surface area contributed by atoms with E-state index in [0.717, 1.165) is 4.57 Å². The van der Waals surface area contributed by atoms with Crippen molar-refractivity contribution in [3.05, 3.63) is 48.5 Å². The van der Waals surface area contributed by atoms with Crippen molar-refractivity contribution in [1.29, 1.82) is 0 Å². The summed E-state index contributed by atoms with van der Waals surface area (Å²) in [5.41, 5.74) is 0.968. The third-order valence-corrected chi connectivity index (χ3v) is 4.13. The van der Waals surface area contributed by atoms with Crippen molar-refractivity contribution < 1.29 is 8.78 Å². The van der Waals surface area contributed by atoms with Crippen molar-refractivity contribution in [3.8, 4) is 0 Å². The first kappa shape index (κ1) is 14.1. The summed E-state index contributed by atoms with van der Waals surface area (Å²) in [6.07, 6.45) is 3.35. The van der Waals surface area contributed by atoms with Crippen LogP contribution in [0.2, 0.25) is 0 Å². The van der Waals surface area contributed by atoms with Gasteiger partial charge in [0.15, 0.2) is 0 Å². The Morgan fingerprint density at radius 2 is 2.00 bits per heavy atom. The summed E-state index contributed by atoms with van der Waals surface area (Å²) >= 11 is 1.25. The van der Waals surface area contributed by atoms with E-state index in [1.807, 2.05) is 0 Å². The Labute approximate surface area is 133 Å². The molecular weight excluding hydrogens is 322 g/mol. The van der Waals surface area contributed by atoms with Gasteiger partial charge in [-0.25, -0.2) is 14.5 Å². The quantitative estimate of drug-likeness (QED) is 0.537. The van der Waals surface area contributed by atoms with E-state index in [1.54, 1.807) is 47.2 Å². The Balaban J connectivity index is 1.65. The van der Waals surface area contributed by atoms with Crippen LogP contribution < -0.4 is 0 Å². The SMILES string of the molecule is FC(F)n1c(CSc2nc3ncccn3n2)nc2ccccc21. The maximum Gasteiger partial charge on any atom is 0.320 e. The molecule has 0 spiro atoms. The molecule has 9 heteroatoms. The van der Waals surface area contributed by atoms with Gasteiger partial charge in [-0.05, 0) is 18.2 Å². The number of para-hydroxylation sites is 2. The molecule has 0 fully saturated rings. The second-order valence-electron chi connectivity index (χ2n) is 4.71. The van der Waals surface area contributed by atoms with E-state index < -0.39 is 6.55 Å². The number of aromatic nitrogens is 6. The van der Waals surface area contributed by atoms with Crippen LogP contribution in [0.25, 0.3) is 16.8 Å². The van der Waals surface area contributed by atoms with Crippen molar-refractivity contribution in [3.63, 3.8) is 0 Å². The van der Waals surface area contributed by atoms with E-state index in [-0.39, 0.29) is 11.6 Å². The van der Waals surface area contributed by atoms with Crippen LogP contribution in [-0.2, 0) is 5.75 Å². The molecule has 0 N–H and O–H groups in total. The first-order valence-corrected chi connectivity index (χ1v) is 7.75. The molecule has 4 aromatic rings. The number of thioether (sulfide) groups is 1. The second-order valence-corrected chi connectivity index (χ2v) is 5.65. The van der Waals surface area contributed by atoms with E-state index in [1.165, 1.54) is 11.8 Å². The van der Waals surface area contributed by atoms with Crippen molar-refractivity contribution >= 4 is 28.6 Å². The maximum absolute atomic E-state index is 13.4. The lowest BCUT2D eigenvalue weighted by Crippen LogP contribution is -2.03. The van der Waals surface area contributed by atoms with Crippen molar-refractivity contribution in [1.82, 2.24) is 29.1 Å². The van der Waals surface area contributed by atoms with E-state index >= 15 is 0 Å². The van der Waals surface area contributed by atoms with Gasteiger partial charge in [-0.2, -0.15) is 13.8 Å². The van der Waals surface area contributed by atoms with Gasteiger partial charge in [-0.3, -0.25) is 4.57 Å². The predicted octanol–water partition coefficient (Wildman–Crippen LogP) is 3.16. The normalized spacial score (nSPS) is 11.8. The molecule has 0 saturated heterocycles. The molecule has 116 valence electrons. The number of alkyl halides is 2. The fourth-order valence-electron chi connectivity index (χ4n) is 2.32. The lowest BCUT2D eigenvalue weighted by molar-refractivity contribution is 0.0722. The summed E-state index contributed by atoms with van der Waals surface area (Å²) in [6, 6.07) is 8.59. The third-order valence-electron chi connectivity index (χ3n) is 3.29. The van der Waals surface area contributed by atoms with Crippen LogP contribution in [0.3, 0.4) is 0 Å². The van der Waals surface area contributed by atoms with Gasteiger partial charge in [-0.15, -0.1) is 5.10 Å². The summed E-state index contributed by atoms with van der Waals surface area (Å²) < 4.78 is 29.2. The van der Waals surface area contributed by atoms with Crippen molar-refractivity contribution in [2.45, 2.75) is 17.5 Å². The average molecular weight is 332 g/mol. The number of hydrogen-bond donors (Lipinski definition) is 0. The standard InChI is InChI=1S/C14H10F2N6S/c15-12(16)22-10-5-2-1-4-9(10)18-11(22)8-23-14-19-13-17-6-3-7-21(13)20-14/h1-7,12H,8H2. The van der Waals surface area contributed by atoms with E-state index in [2.05, 4.69) is 20.1 Å². The largest absolute Gasteiger partial charge is 0.320 e. The minimum absolute atomic E-state index is 0.246. The Bertz CT molecular complexity index is 947. The van der Waals surface area contributed by atoms with Crippen LogP contribution in [0, 0.1) is 0 Å². The summed E-state index contributed by atoms with van der Waals surface area (Å²) in [6.45, 7) is -2.64. The Morgan fingerprint density at radius 1 is 1.13 bits per heavy atom. The highest BCUT2D eigenvalue weighted by molar-refractivity contribution is 7.98. The molecule has 0 unspecified atom stereocenters. The molecule has 3 aromatic heterocycles. The fraction of sp³-hybridized carbons (Fsp3) is 0.143. The van der Waals surface area contributed by atoms with Gasteiger partial charge in [0.25, 0.3) is 5.78 Å². The van der Waals surface area contributed by atoms with Gasteiger partial charge >= 0.3 is 6.55 Å². The highest BCUT2D eigenvalue weighted by atomic mass is 32.2. The number of hydrogen-bond acceptors (Lipinski definition) is 5. The zero-order valence-corrected chi connectivity index (χ0v) is 12.5. The molecule has 4 rings (SSSR count). The summed E-state index contributed by atoms with van der Waals surface area (Å²) in [7, 11) is 0. The zero-order chi connectivity index (χ0) is 15.8. The lowest BCUT2D eigenvalue weighted by atomic mass is 10.3. The van der Waals surface area contributed by atoms with Gasteiger partial charge in [0.1, 0.15) is 5.82 Å². The minimum atomic E-state index is -2.64. The molecule has 6 nitrogen and oxygen atoms in total. The summed E-state index contributed by atoms with van der Waals surface area (Å²) in [5.74, 6) is 1.01. The molecule has 0 radical (unpaired) electrons. The maximum atomic E-state index is 13.4. The van der Waals surface area contributed by atoms with Crippen LogP contribution in [0.5, 0.6) is 0 Å². The third kappa shape index (κ3) is 2.52. The first-order chi connectivity index (χ1) is 11.2. The highest BCUT2D eigenvalue weighted by Crippen LogP contribution is 2.27. The van der Waals surface area contributed by atoms with Crippen LogP contribution in [0.4, 0.5) is 8.78 Å².